The number of rotatable bonds is 5. The molecule has 1 saturated heterocycles. The quantitative estimate of drug-likeness (QED) is 0.408. The van der Waals surface area contributed by atoms with Gasteiger partial charge in [0.1, 0.15) is 0 Å². The lowest BCUT2D eigenvalue weighted by Gasteiger charge is -2.42. The summed E-state index contributed by atoms with van der Waals surface area (Å²) in [6, 6.07) is 17.7. The number of halogens is 5. The summed E-state index contributed by atoms with van der Waals surface area (Å²) < 4.78 is 26.7. The summed E-state index contributed by atoms with van der Waals surface area (Å²) in [6.45, 7) is 1.25. The Labute approximate surface area is 195 Å². The number of nitrogens with one attached hydrogen (secondary N) is 1. The molecule has 0 aliphatic carbocycles. The Hall–Kier alpha value is -1.85. The molecule has 31 heavy (non-hydrogen) atoms. The Bertz CT molecular complexity index is 1060. The molecule has 3 aromatic rings. The van der Waals surface area contributed by atoms with Gasteiger partial charge in [0.25, 0.3) is 0 Å². The van der Waals surface area contributed by atoms with Crippen LogP contribution in [0.2, 0.25) is 15.1 Å². The molecule has 1 N–H and O–H groups in total. The van der Waals surface area contributed by atoms with Crippen LogP contribution in [0.3, 0.4) is 0 Å². The predicted octanol–water partition coefficient (Wildman–Crippen LogP) is 7.42. The van der Waals surface area contributed by atoms with Gasteiger partial charge in [0.05, 0.1) is 16.8 Å². The highest BCUT2D eigenvalue weighted by atomic mass is 35.5. The van der Waals surface area contributed by atoms with Gasteiger partial charge >= 0.3 is 0 Å². The van der Waals surface area contributed by atoms with E-state index in [0.717, 1.165) is 36.7 Å². The maximum atomic E-state index is 13.5. The number of anilines is 1. The maximum absolute atomic E-state index is 13.5. The van der Waals surface area contributed by atoms with Crippen molar-refractivity contribution in [3.05, 3.63) is 98.5 Å². The molecule has 2 atom stereocenters. The van der Waals surface area contributed by atoms with Gasteiger partial charge < -0.3 is 10.2 Å². The number of benzene rings is 3. The molecule has 0 aromatic heterocycles. The van der Waals surface area contributed by atoms with Gasteiger partial charge in [-0.05, 0) is 66.4 Å². The van der Waals surface area contributed by atoms with Crippen LogP contribution in [0, 0.1) is 11.6 Å². The van der Waals surface area contributed by atoms with Gasteiger partial charge in [-0.15, -0.1) is 0 Å². The van der Waals surface area contributed by atoms with Gasteiger partial charge in [-0.3, -0.25) is 0 Å². The van der Waals surface area contributed by atoms with E-state index in [1.54, 1.807) is 12.1 Å². The summed E-state index contributed by atoms with van der Waals surface area (Å²) in [5.74, 6) is -1.66. The highest BCUT2D eigenvalue weighted by Gasteiger charge is 2.30. The van der Waals surface area contributed by atoms with Crippen molar-refractivity contribution in [2.75, 3.05) is 11.4 Å². The fourth-order valence-electron chi connectivity index (χ4n) is 4.07. The summed E-state index contributed by atoms with van der Waals surface area (Å²) in [5, 5.41) is 5.39. The topological polar surface area (TPSA) is 15.3 Å². The van der Waals surface area contributed by atoms with E-state index in [9.17, 15) is 8.78 Å². The number of hydrogen-bond donors (Lipinski definition) is 1. The van der Waals surface area contributed by atoms with Crippen LogP contribution >= 0.6 is 34.8 Å². The number of hydrogen-bond acceptors (Lipinski definition) is 2. The van der Waals surface area contributed by atoms with Crippen LogP contribution < -0.4 is 10.2 Å². The lowest BCUT2D eigenvalue weighted by atomic mass is 9.91. The van der Waals surface area contributed by atoms with Gasteiger partial charge in [-0.25, -0.2) is 8.78 Å². The van der Waals surface area contributed by atoms with E-state index >= 15 is 0 Å². The minimum atomic E-state index is -0.834. The first-order chi connectivity index (χ1) is 14.9. The molecule has 7 heteroatoms. The third-order valence-corrected chi connectivity index (χ3v) is 6.45. The smallest absolute Gasteiger partial charge is 0.159 e. The molecule has 1 heterocycles. The molecule has 1 aliphatic heterocycles. The van der Waals surface area contributed by atoms with E-state index in [-0.39, 0.29) is 12.1 Å². The highest BCUT2D eigenvalue weighted by molar-refractivity contribution is 6.36. The summed E-state index contributed by atoms with van der Waals surface area (Å²) in [6.07, 6.45) is 1.71. The van der Waals surface area contributed by atoms with E-state index in [1.807, 2.05) is 36.4 Å². The molecule has 1 aliphatic rings. The monoisotopic (exact) mass is 480 g/mol. The Balaban J connectivity index is 1.55. The van der Waals surface area contributed by atoms with Crippen molar-refractivity contribution >= 4 is 40.5 Å². The Kier molecular flexibility index (Phi) is 7.02. The van der Waals surface area contributed by atoms with Crippen LogP contribution in [-0.2, 0) is 6.54 Å². The van der Waals surface area contributed by atoms with E-state index < -0.39 is 11.6 Å². The Morgan fingerprint density at radius 2 is 1.61 bits per heavy atom. The molecule has 162 valence electrons. The second-order valence-corrected chi connectivity index (χ2v) is 8.99. The third kappa shape index (κ3) is 5.32. The predicted molar refractivity (Wildman–Crippen MR) is 124 cm³/mol. The van der Waals surface area contributed by atoms with Gasteiger partial charge in [-0.2, -0.15) is 0 Å². The number of nitrogens with zero attached hydrogens (tertiary/aromatic N) is 1. The molecule has 0 radical (unpaired) electrons. The summed E-state index contributed by atoms with van der Waals surface area (Å²) in [7, 11) is 0. The van der Waals surface area contributed by atoms with Gasteiger partial charge in [-0.1, -0.05) is 53.0 Å². The van der Waals surface area contributed by atoms with Gasteiger partial charge in [0, 0.05) is 29.2 Å². The molecule has 0 bridgehead atoms. The average molecular weight is 482 g/mol. The van der Waals surface area contributed by atoms with Crippen LogP contribution in [0.25, 0.3) is 0 Å². The van der Waals surface area contributed by atoms with E-state index in [1.165, 1.54) is 6.07 Å². The zero-order valence-corrected chi connectivity index (χ0v) is 18.9. The maximum Gasteiger partial charge on any atom is 0.159 e. The molecular weight excluding hydrogens is 461 g/mol. The van der Waals surface area contributed by atoms with Crippen molar-refractivity contribution < 1.29 is 8.78 Å². The van der Waals surface area contributed by atoms with Crippen molar-refractivity contribution in [2.45, 2.75) is 31.5 Å². The highest BCUT2D eigenvalue weighted by Crippen LogP contribution is 2.39. The molecule has 1 unspecified atom stereocenters. The van der Waals surface area contributed by atoms with Crippen LogP contribution in [0.4, 0.5) is 14.5 Å². The Morgan fingerprint density at radius 3 is 2.32 bits per heavy atom. The first kappa shape index (κ1) is 22.3. The van der Waals surface area contributed by atoms with Crippen molar-refractivity contribution in [3.8, 4) is 0 Å². The Morgan fingerprint density at radius 1 is 0.871 bits per heavy atom. The van der Waals surface area contributed by atoms with Crippen LogP contribution in [0.15, 0.2) is 60.7 Å². The molecule has 4 rings (SSSR count). The first-order valence-corrected chi connectivity index (χ1v) is 11.2. The second kappa shape index (κ2) is 9.74. The normalized spacial score (nSPS) is 18.9. The average Bonchev–Trinajstić information content (AvgIpc) is 2.75. The van der Waals surface area contributed by atoms with Crippen LogP contribution in [0.1, 0.15) is 30.0 Å². The zero-order chi connectivity index (χ0) is 22.0. The van der Waals surface area contributed by atoms with Gasteiger partial charge in [0.15, 0.2) is 11.6 Å². The van der Waals surface area contributed by atoms with Gasteiger partial charge in [0.2, 0.25) is 0 Å². The molecule has 0 amide bonds. The van der Waals surface area contributed by atoms with Crippen molar-refractivity contribution in [3.63, 3.8) is 0 Å². The van der Waals surface area contributed by atoms with Crippen molar-refractivity contribution in [2.24, 2.45) is 0 Å². The minimum absolute atomic E-state index is 0.0761. The van der Waals surface area contributed by atoms with Crippen molar-refractivity contribution in [1.29, 1.82) is 0 Å². The number of piperidine rings is 1. The largest absolute Gasteiger partial charge is 0.363 e. The third-order valence-electron chi connectivity index (χ3n) is 5.66. The SMILES string of the molecule is Fc1ccc(CNC2CCN(c3ccc(Cl)cc3Cl)[C@H](c3ccc(Cl)cc3)C2)cc1F. The van der Waals surface area contributed by atoms with Crippen LogP contribution in [0.5, 0.6) is 0 Å². The summed E-state index contributed by atoms with van der Waals surface area (Å²) in [4.78, 5) is 2.29. The second-order valence-electron chi connectivity index (χ2n) is 7.71. The summed E-state index contributed by atoms with van der Waals surface area (Å²) >= 11 is 18.7. The lowest BCUT2D eigenvalue weighted by Crippen LogP contribution is -2.44. The van der Waals surface area contributed by atoms with E-state index in [0.29, 0.717) is 27.2 Å². The summed E-state index contributed by atoms with van der Waals surface area (Å²) in [5.41, 5.74) is 2.78. The molecule has 3 aromatic carbocycles. The minimum Gasteiger partial charge on any atom is -0.363 e. The first-order valence-electron chi connectivity index (χ1n) is 10.0. The zero-order valence-electron chi connectivity index (χ0n) is 16.6. The fourth-order valence-corrected chi connectivity index (χ4v) is 4.71. The molecule has 2 nitrogen and oxygen atoms in total. The molecule has 0 saturated carbocycles. The van der Waals surface area contributed by atoms with Crippen LogP contribution in [-0.4, -0.2) is 12.6 Å². The van der Waals surface area contributed by atoms with E-state index in [4.69, 9.17) is 34.8 Å². The fraction of sp³-hybridized carbons (Fsp3) is 0.250. The lowest BCUT2D eigenvalue weighted by molar-refractivity contribution is 0.359. The molecular formula is C24H21Cl3F2N2. The standard InChI is InChI=1S/C24H21Cl3F2N2/c25-17-4-2-16(3-5-17)24-13-19(30-14-15-1-7-21(28)22(29)11-15)9-10-31(24)23-8-6-18(26)12-20(23)27/h1-8,11-12,19,24,30H,9-10,13-14H2/t19?,24-/m0/s1. The van der Waals surface area contributed by atoms with Crippen molar-refractivity contribution in [1.82, 2.24) is 5.32 Å². The molecule has 1 fully saturated rings. The van der Waals surface area contributed by atoms with E-state index in [2.05, 4.69) is 10.2 Å². The molecule has 0 spiro atoms.